The third kappa shape index (κ3) is 4.38. The second-order valence-electron chi connectivity index (χ2n) is 8.36. The lowest BCUT2D eigenvalue weighted by atomic mass is 9.79. The van der Waals surface area contributed by atoms with E-state index in [0.717, 1.165) is 17.7 Å². The van der Waals surface area contributed by atoms with E-state index in [-0.39, 0.29) is 24.5 Å². The Labute approximate surface area is 172 Å². The summed E-state index contributed by atoms with van der Waals surface area (Å²) in [6.45, 7) is 9.45. The number of anilines is 1. The van der Waals surface area contributed by atoms with Crippen molar-refractivity contribution in [3.63, 3.8) is 0 Å². The number of aliphatic hydroxyl groups is 1. The highest BCUT2D eigenvalue weighted by atomic mass is 16.3. The standard InChI is InChI=1S/C23H30N4O2/c1-15-11-21-19(16(2)13-23(3,4)27(21)9-10-28)12-20(15)26-25-18-7-5-17(6-8-18)22(29)14-24/h5-8,11-12,16,28H,9-10,13-14,24H2,1-4H3. The van der Waals surface area contributed by atoms with E-state index in [1.807, 2.05) is 6.92 Å². The maximum Gasteiger partial charge on any atom is 0.176 e. The van der Waals surface area contributed by atoms with Crippen molar-refractivity contribution in [2.75, 3.05) is 24.6 Å². The molecule has 6 heteroatoms. The van der Waals surface area contributed by atoms with Crippen LogP contribution in [0.25, 0.3) is 0 Å². The van der Waals surface area contributed by atoms with Crippen LogP contribution >= 0.6 is 0 Å². The lowest BCUT2D eigenvalue weighted by molar-refractivity contribution is 0.100. The Bertz CT molecular complexity index is 919. The van der Waals surface area contributed by atoms with Gasteiger partial charge in [0.2, 0.25) is 0 Å². The summed E-state index contributed by atoms with van der Waals surface area (Å²) < 4.78 is 0. The van der Waals surface area contributed by atoms with E-state index in [1.54, 1.807) is 24.3 Å². The maximum absolute atomic E-state index is 11.6. The molecule has 1 aliphatic rings. The number of hydrogen-bond acceptors (Lipinski definition) is 6. The molecule has 0 saturated heterocycles. The molecule has 0 aromatic heterocycles. The fourth-order valence-corrected chi connectivity index (χ4v) is 4.20. The first-order valence-corrected chi connectivity index (χ1v) is 10.0. The number of Topliss-reactive ketones (excluding diaryl/α,β-unsaturated/α-hetero) is 1. The minimum absolute atomic E-state index is 0.00251. The zero-order chi connectivity index (χ0) is 21.2. The van der Waals surface area contributed by atoms with Gasteiger partial charge in [0.25, 0.3) is 0 Å². The number of hydrogen-bond donors (Lipinski definition) is 2. The maximum atomic E-state index is 11.6. The predicted octanol–water partition coefficient (Wildman–Crippen LogP) is 4.64. The van der Waals surface area contributed by atoms with Gasteiger partial charge in [-0.15, -0.1) is 0 Å². The first kappa shape index (κ1) is 21.1. The molecule has 1 unspecified atom stereocenters. The van der Waals surface area contributed by atoms with Gasteiger partial charge in [-0.2, -0.15) is 10.2 Å². The topological polar surface area (TPSA) is 91.3 Å². The molecule has 2 aromatic carbocycles. The fourth-order valence-electron chi connectivity index (χ4n) is 4.20. The Morgan fingerprint density at radius 3 is 2.55 bits per heavy atom. The molecule has 0 radical (unpaired) electrons. The molecule has 0 bridgehead atoms. The third-order valence-electron chi connectivity index (χ3n) is 5.67. The molecule has 29 heavy (non-hydrogen) atoms. The van der Waals surface area contributed by atoms with E-state index in [1.165, 1.54) is 11.3 Å². The summed E-state index contributed by atoms with van der Waals surface area (Å²) >= 11 is 0. The molecule has 6 nitrogen and oxygen atoms in total. The average molecular weight is 395 g/mol. The van der Waals surface area contributed by atoms with Gasteiger partial charge in [-0.05, 0) is 80.6 Å². The number of aryl methyl sites for hydroxylation is 1. The van der Waals surface area contributed by atoms with Crippen LogP contribution in [0.3, 0.4) is 0 Å². The summed E-state index contributed by atoms with van der Waals surface area (Å²) in [6.07, 6.45) is 1.01. The molecule has 1 heterocycles. The second-order valence-corrected chi connectivity index (χ2v) is 8.36. The molecule has 1 aliphatic heterocycles. The number of benzene rings is 2. The first-order chi connectivity index (χ1) is 13.8. The second kappa shape index (κ2) is 8.43. The summed E-state index contributed by atoms with van der Waals surface area (Å²) in [5, 5.41) is 18.4. The molecule has 0 amide bonds. The highest BCUT2D eigenvalue weighted by Gasteiger charge is 2.36. The van der Waals surface area contributed by atoms with Gasteiger partial charge in [0.1, 0.15) is 0 Å². The van der Waals surface area contributed by atoms with Crippen molar-refractivity contribution in [2.45, 2.75) is 45.6 Å². The SMILES string of the molecule is Cc1cc2c(cc1N=Nc1ccc(C(=O)CN)cc1)C(C)CC(C)(C)N2CCO. The Morgan fingerprint density at radius 1 is 1.24 bits per heavy atom. The molecule has 0 aliphatic carbocycles. The number of β-amino-alcohol motifs (C(OH)–C–C–N with tert-alkyl or cyclic N) is 1. The smallest absolute Gasteiger partial charge is 0.176 e. The molecule has 1 atom stereocenters. The van der Waals surface area contributed by atoms with Crippen LogP contribution in [-0.4, -0.2) is 36.1 Å². The number of nitrogens with two attached hydrogens (primary N) is 1. The molecule has 154 valence electrons. The fraction of sp³-hybridized carbons (Fsp3) is 0.435. The summed E-state index contributed by atoms with van der Waals surface area (Å²) in [6, 6.07) is 11.3. The largest absolute Gasteiger partial charge is 0.395 e. The number of ketones is 1. The van der Waals surface area contributed by atoms with Gasteiger partial charge >= 0.3 is 0 Å². The third-order valence-corrected chi connectivity index (χ3v) is 5.67. The Kier molecular flexibility index (Phi) is 6.15. The normalized spacial score (nSPS) is 18.1. The van der Waals surface area contributed by atoms with Crippen LogP contribution in [0.2, 0.25) is 0 Å². The van der Waals surface area contributed by atoms with Gasteiger partial charge in [-0.1, -0.05) is 6.92 Å². The van der Waals surface area contributed by atoms with Crippen molar-refractivity contribution >= 4 is 22.8 Å². The van der Waals surface area contributed by atoms with E-state index < -0.39 is 0 Å². The van der Waals surface area contributed by atoms with Crippen LogP contribution in [0.4, 0.5) is 17.1 Å². The number of carbonyl (C=O) groups is 1. The van der Waals surface area contributed by atoms with E-state index in [2.05, 4.69) is 48.0 Å². The van der Waals surface area contributed by atoms with E-state index in [4.69, 9.17) is 5.73 Å². The van der Waals surface area contributed by atoms with Gasteiger partial charge in [0.15, 0.2) is 5.78 Å². The van der Waals surface area contributed by atoms with E-state index in [0.29, 0.717) is 23.7 Å². The van der Waals surface area contributed by atoms with Crippen LogP contribution < -0.4 is 10.6 Å². The zero-order valence-electron chi connectivity index (χ0n) is 17.6. The van der Waals surface area contributed by atoms with Crippen LogP contribution in [0.5, 0.6) is 0 Å². The molecule has 0 spiro atoms. The van der Waals surface area contributed by atoms with Crippen molar-refractivity contribution < 1.29 is 9.90 Å². The Morgan fingerprint density at radius 2 is 1.93 bits per heavy atom. The number of aliphatic hydroxyl groups excluding tert-OH is 1. The summed E-state index contributed by atoms with van der Waals surface area (Å²) in [7, 11) is 0. The molecule has 3 N–H and O–H groups in total. The summed E-state index contributed by atoms with van der Waals surface area (Å²) in [4.78, 5) is 13.9. The number of fused-ring (bicyclic) bond motifs is 1. The van der Waals surface area contributed by atoms with Crippen molar-refractivity contribution in [3.8, 4) is 0 Å². The Balaban J connectivity index is 1.91. The minimum Gasteiger partial charge on any atom is -0.395 e. The zero-order valence-corrected chi connectivity index (χ0v) is 17.6. The lowest BCUT2D eigenvalue weighted by Gasteiger charge is -2.47. The summed E-state index contributed by atoms with van der Waals surface area (Å²) in [5.41, 5.74) is 10.9. The first-order valence-electron chi connectivity index (χ1n) is 10.0. The van der Waals surface area contributed by atoms with Gasteiger partial charge in [0.05, 0.1) is 24.5 Å². The Hall–Kier alpha value is -2.57. The van der Waals surface area contributed by atoms with Crippen molar-refractivity contribution in [3.05, 3.63) is 53.1 Å². The van der Waals surface area contributed by atoms with Crippen molar-refractivity contribution in [2.24, 2.45) is 16.0 Å². The average Bonchev–Trinajstić information content (AvgIpc) is 2.69. The number of carbonyl (C=O) groups excluding carboxylic acids is 1. The van der Waals surface area contributed by atoms with Crippen molar-refractivity contribution in [1.29, 1.82) is 0 Å². The van der Waals surface area contributed by atoms with Crippen LogP contribution in [0, 0.1) is 6.92 Å². The molecule has 3 rings (SSSR count). The van der Waals surface area contributed by atoms with Crippen LogP contribution in [-0.2, 0) is 0 Å². The predicted molar refractivity (Wildman–Crippen MR) is 117 cm³/mol. The monoisotopic (exact) mass is 394 g/mol. The van der Waals surface area contributed by atoms with Crippen molar-refractivity contribution in [1.82, 2.24) is 0 Å². The van der Waals surface area contributed by atoms with Gasteiger partial charge < -0.3 is 15.7 Å². The molecule has 0 saturated carbocycles. The highest BCUT2D eigenvalue weighted by Crippen LogP contribution is 2.45. The quantitative estimate of drug-likeness (QED) is 0.552. The number of azo groups is 1. The van der Waals surface area contributed by atoms with Gasteiger partial charge in [0, 0.05) is 23.3 Å². The minimum atomic E-state index is -0.0941. The molecule has 2 aromatic rings. The van der Waals surface area contributed by atoms with E-state index in [9.17, 15) is 9.90 Å². The highest BCUT2D eigenvalue weighted by molar-refractivity contribution is 5.97. The summed E-state index contributed by atoms with van der Waals surface area (Å²) in [5.74, 6) is 0.300. The number of rotatable bonds is 6. The van der Waals surface area contributed by atoms with E-state index >= 15 is 0 Å². The lowest BCUT2D eigenvalue weighted by Crippen LogP contribution is -2.49. The van der Waals surface area contributed by atoms with Crippen LogP contribution in [0.15, 0.2) is 46.6 Å². The van der Waals surface area contributed by atoms with Crippen LogP contribution in [0.1, 0.15) is 54.6 Å². The van der Waals surface area contributed by atoms with Gasteiger partial charge in [-0.3, -0.25) is 4.79 Å². The molecular weight excluding hydrogens is 364 g/mol. The molecular formula is C23H30N4O2. The molecule has 0 fully saturated rings. The van der Waals surface area contributed by atoms with Gasteiger partial charge in [-0.25, -0.2) is 0 Å². The number of nitrogens with zero attached hydrogens (tertiary/aromatic N) is 3.